The van der Waals surface area contributed by atoms with Crippen molar-refractivity contribution >= 4 is 22.9 Å². The second-order valence-electron chi connectivity index (χ2n) is 13.7. The Hall–Kier alpha value is -7.58. The van der Waals surface area contributed by atoms with Gasteiger partial charge >= 0.3 is 0 Å². The van der Waals surface area contributed by atoms with Crippen molar-refractivity contribution < 1.29 is 9.47 Å². The molecule has 56 heavy (non-hydrogen) atoms. The Balaban J connectivity index is 0.000000146. The van der Waals surface area contributed by atoms with E-state index in [0.717, 1.165) is 65.7 Å². The minimum absolute atomic E-state index is 0.167. The average Bonchev–Trinajstić information content (AvgIpc) is 4.18. The van der Waals surface area contributed by atoms with Crippen LogP contribution in [0, 0.1) is 13.1 Å². The maximum atomic E-state index is 7.09. The van der Waals surface area contributed by atoms with E-state index in [4.69, 9.17) is 27.7 Å². The fourth-order valence-electron chi connectivity index (χ4n) is 7.03. The Labute approximate surface area is 321 Å². The first kappa shape index (κ1) is 34.2. The van der Waals surface area contributed by atoms with Crippen LogP contribution in [0.25, 0.3) is 43.8 Å². The molecule has 10 rings (SSSR count). The molecule has 0 N–H and O–H groups in total. The second-order valence-corrected chi connectivity index (χ2v) is 13.7. The van der Waals surface area contributed by atoms with Crippen molar-refractivity contribution in [2.24, 2.45) is 0 Å². The summed E-state index contributed by atoms with van der Waals surface area (Å²) >= 11 is 0. The van der Waals surface area contributed by atoms with E-state index in [1.807, 2.05) is 48.5 Å². The van der Waals surface area contributed by atoms with Gasteiger partial charge in [0, 0.05) is 5.56 Å². The van der Waals surface area contributed by atoms with Crippen LogP contribution in [0.15, 0.2) is 109 Å². The van der Waals surface area contributed by atoms with Crippen molar-refractivity contribution in [1.82, 2.24) is 49.6 Å². The van der Waals surface area contributed by atoms with Crippen LogP contribution in [0.1, 0.15) is 48.5 Å². The molecule has 4 aromatic heterocycles. The fourth-order valence-corrected chi connectivity index (χ4v) is 7.03. The van der Waals surface area contributed by atoms with Crippen LogP contribution in [0.3, 0.4) is 0 Å². The monoisotopic (exact) mass is 736 g/mol. The summed E-state index contributed by atoms with van der Waals surface area (Å²) in [5, 5.41) is 26.7. The lowest BCUT2D eigenvalue weighted by Gasteiger charge is -2.14. The lowest BCUT2D eigenvalue weighted by atomic mass is 9.95. The summed E-state index contributed by atoms with van der Waals surface area (Å²) in [5.74, 6) is 4.24. The predicted octanol–water partition coefficient (Wildman–Crippen LogP) is 7.65. The van der Waals surface area contributed by atoms with Crippen molar-refractivity contribution in [3.63, 3.8) is 0 Å². The van der Waals surface area contributed by atoms with Gasteiger partial charge in [-0.2, -0.15) is 19.2 Å². The molecule has 2 aliphatic rings. The Morgan fingerprint density at radius 2 is 1.04 bits per heavy atom. The number of hydrogen-bond acceptors (Lipinski definition) is 10. The second kappa shape index (κ2) is 13.7. The number of benzene rings is 4. The van der Waals surface area contributed by atoms with Crippen LogP contribution in [0.5, 0.6) is 11.5 Å². The highest BCUT2D eigenvalue weighted by atomic mass is 16.5. The zero-order chi connectivity index (χ0) is 38.3. The maximum absolute atomic E-state index is 7.09. The van der Waals surface area contributed by atoms with Crippen LogP contribution in [-0.4, -0.2) is 63.8 Å². The third-order valence-electron chi connectivity index (χ3n) is 10.5. The van der Waals surface area contributed by atoms with Gasteiger partial charge in [0.15, 0.2) is 23.0 Å². The van der Waals surface area contributed by atoms with Crippen molar-refractivity contribution in [3.05, 3.63) is 155 Å². The SMILES string of the molecule is [C-]#[N+]c1ccc(-c2cnc3nnc(C4(c5ccc(OC)cc5)CC4)n3n2)cc1.[C-]#[N+]c1ccc(-c2cnn3c(C4(c5ccc(OC)cc5)CC4)nnc3n2)cc1. The number of hydrogen-bond donors (Lipinski definition) is 0. The highest BCUT2D eigenvalue weighted by Gasteiger charge is 2.51. The third kappa shape index (κ3) is 5.99. The zero-order valence-corrected chi connectivity index (χ0v) is 30.4. The van der Waals surface area contributed by atoms with Gasteiger partial charge in [-0.1, -0.05) is 72.8 Å². The van der Waals surface area contributed by atoms with E-state index in [9.17, 15) is 0 Å². The minimum atomic E-state index is -0.188. The summed E-state index contributed by atoms with van der Waals surface area (Å²) in [6.45, 7) is 14.1. The van der Waals surface area contributed by atoms with Crippen molar-refractivity contribution in [3.8, 4) is 34.0 Å². The molecule has 0 saturated heterocycles. The molecule has 8 aromatic rings. The number of rotatable bonds is 8. The quantitative estimate of drug-likeness (QED) is 0.143. The molecule has 0 unspecified atom stereocenters. The molecule has 0 bridgehead atoms. The molecular weight excluding hydrogens is 705 g/mol. The summed E-state index contributed by atoms with van der Waals surface area (Å²) in [4.78, 5) is 15.9. The lowest BCUT2D eigenvalue weighted by molar-refractivity contribution is 0.414. The molecule has 4 heterocycles. The van der Waals surface area contributed by atoms with Crippen LogP contribution in [-0.2, 0) is 10.8 Å². The first-order valence-electron chi connectivity index (χ1n) is 17.9. The van der Waals surface area contributed by atoms with Crippen LogP contribution >= 0.6 is 0 Å². The molecular formula is C42H32N12O2. The van der Waals surface area contributed by atoms with Crippen molar-refractivity contribution in [2.75, 3.05) is 14.2 Å². The van der Waals surface area contributed by atoms with Gasteiger partial charge in [-0.05, 0) is 66.6 Å². The van der Waals surface area contributed by atoms with Gasteiger partial charge in [-0.15, -0.1) is 20.4 Å². The summed E-state index contributed by atoms with van der Waals surface area (Å²) in [5.41, 5.74) is 6.41. The van der Waals surface area contributed by atoms with E-state index in [1.165, 1.54) is 11.1 Å². The van der Waals surface area contributed by atoms with Crippen LogP contribution in [0.2, 0.25) is 0 Å². The number of methoxy groups -OCH3 is 2. The fraction of sp³-hybridized carbons (Fsp3) is 0.190. The zero-order valence-electron chi connectivity index (χ0n) is 30.4. The summed E-state index contributed by atoms with van der Waals surface area (Å²) in [6.07, 6.45) is 7.39. The molecule has 0 spiro atoms. The van der Waals surface area contributed by atoms with Crippen LogP contribution in [0.4, 0.5) is 11.4 Å². The average molecular weight is 737 g/mol. The molecule has 4 aromatic carbocycles. The molecule has 2 fully saturated rings. The Bertz CT molecular complexity index is 2790. The molecule has 272 valence electrons. The molecule has 14 heteroatoms. The van der Waals surface area contributed by atoms with Gasteiger partial charge in [0.05, 0.1) is 56.3 Å². The molecule has 2 aliphatic carbocycles. The highest BCUT2D eigenvalue weighted by molar-refractivity contribution is 5.64. The highest BCUT2D eigenvalue weighted by Crippen LogP contribution is 2.53. The first-order valence-corrected chi connectivity index (χ1v) is 17.9. The Kier molecular flexibility index (Phi) is 8.36. The number of fused-ring (bicyclic) bond motifs is 2. The molecule has 14 nitrogen and oxygen atoms in total. The predicted molar refractivity (Wildman–Crippen MR) is 207 cm³/mol. The normalized spacial score (nSPS) is 14.6. The summed E-state index contributed by atoms with van der Waals surface area (Å²) < 4.78 is 14.0. The van der Waals surface area contributed by atoms with Gasteiger partial charge in [0.25, 0.3) is 11.6 Å². The molecule has 0 radical (unpaired) electrons. The van der Waals surface area contributed by atoms with E-state index in [1.54, 1.807) is 59.9 Å². The Morgan fingerprint density at radius 3 is 1.52 bits per heavy atom. The van der Waals surface area contributed by atoms with Crippen molar-refractivity contribution in [2.45, 2.75) is 36.5 Å². The van der Waals surface area contributed by atoms with E-state index < -0.39 is 0 Å². The smallest absolute Gasteiger partial charge is 0.272 e. The largest absolute Gasteiger partial charge is 0.497 e. The van der Waals surface area contributed by atoms with Gasteiger partial charge in [0.1, 0.15) is 17.2 Å². The standard InChI is InChI=1S/2C21H16N6O/c1-22-16-7-3-14(4-8-16)18-13-23-27-19(25-26-20(27)24-18)21(11-12-21)15-5-9-17(28-2)10-6-15;1-22-16-7-3-14(4-8-16)18-13-23-20-25-24-19(27(20)26-18)21(11-12-21)15-5-9-17(28-2)10-6-15/h2*3-10,13H,11-12H2,2H3. The maximum Gasteiger partial charge on any atom is 0.272 e. The van der Waals surface area contributed by atoms with E-state index in [-0.39, 0.29) is 10.8 Å². The van der Waals surface area contributed by atoms with E-state index >= 15 is 0 Å². The summed E-state index contributed by atoms with van der Waals surface area (Å²) in [6, 6.07) is 30.8. The Morgan fingerprint density at radius 1 is 0.554 bits per heavy atom. The summed E-state index contributed by atoms with van der Waals surface area (Å²) in [7, 11) is 3.33. The molecule has 2 saturated carbocycles. The first-order chi connectivity index (χ1) is 27.5. The molecule has 0 atom stereocenters. The number of nitrogens with zero attached hydrogens (tertiary/aromatic N) is 12. The van der Waals surface area contributed by atoms with Gasteiger partial charge in [-0.25, -0.2) is 19.7 Å². The minimum Gasteiger partial charge on any atom is -0.497 e. The van der Waals surface area contributed by atoms with Gasteiger partial charge < -0.3 is 9.47 Å². The van der Waals surface area contributed by atoms with Gasteiger partial charge in [0.2, 0.25) is 0 Å². The molecule has 0 amide bonds. The van der Waals surface area contributed by atoms with Gasteiger partial charge in [-0.3, -0.25) is 0 Å². The topological polar surface area (TPSA) is 139 Å². The number of ether oxygens (including phenoxy) is 2. The van der Waals surface area contributed by atoms with E-state index in [0.29, 0.717) is 28.6 Å². The third-order valence-corrected chi connectivity index (χ3v) is 10.5. The van der Waals surface area contributed by atoms with Crippen molar-refractivity contribution in [1.29, 1.82) is 0 Å². The van der Waals surface area contributed by atoms with E-state index in [2.05, 4.69) is 69.4 Å². The van der Waals surface area contributed by atoms with Crippen LogP contribution < -0.4 is 9.47 Å². The lowest BCUT2D eigenvalue weighted by Crippen LogP contribution is -2.15. The molecule has 0 aliphatic heterocycles. The number of aromatic nitrogens is 10.